The van der Waals surface area contributed by atoms with Gasteiger partial charge in [-0.25, -0.2) is 4.79 Å². The molecule has 1 heterocycles. The number of hydrogen-bond acceptors (Lipinski definition) is 4. The molecule has 20 heavy (non-hydrogen) atoms. The third-order valence-corrected chi connectivity index (χ3v) is 3.67. The van der Waals surface area contributed by atoms with Crippen LogP contribution in [-0.2, 0) is 0 Å². The van der Waals surface area contributed by atoms with Gasteiger partial charge in [0.25, 0.3) is 5.69 Å². The summed E-state index contributed by atoms with van der Waals surface area (Å²) in [4.78, 5) is 23.4. The molecule has 1 N–H and O–H groups in total. The first-order chi connectivity index (χ1) is 9.30. The molecule has 1 aliphatic rings. The Morgan fingerprint density at radius 1 is 1.45 bits per heavy atom. The number of anilines is 1. The molecule has 1 aromatic carbocycles. The maximum Gasteiger partial charge on any atom is 0.342 e. The topological polar surface area (TPSA) is 83.7 Å². The highest BCUT2D eigenvalue weighted by atomic mass is 16.6. The molecule has 0 radical (unpaired) electrons. The molecule has 0 saturated carbocycles. The van der Waals surface area contributed by atoms with Gasteiger partial charge in [-0.3, -0.25) is 10.1 Å². The van der Waals surface area contributed by atoms with Crippen molar-refractivity contribution in [3.63, 3.8) is 0 Å². The first-order valence-electron chi connectivity index (χ1n) is 6.57. The Bertz CT molecular complexity index is 554. The number of nitro benzene ring substituents is 1. The minimum Gasteiger partial charge on any atom is -0.477 e. The van der Waals surface area contributed by atoms with Gasteiger partial charge in [0.1, 0.15) is 5.56 Å². The van der Waals surface area contributed by atoms with Gasteiger partial charge in [0.05, 0.1) is 4.92 Å². The number of carbonyl (C=O) groups is 1. The second kappa shape index (κ2) is 5.11. The highest BCUT2D eigenvalue weighted by Crippen LogP contribution is 2.33. The fraction of sp³-hybridized carbons (Fsp3) is 0.500. The third-order valence-electron chi connectivity index (χ3n) is 3.67. The molecule has 1 aromatic rings. The van der Waals surface area contributed by atoms with Crippen LogP contribution in [0.2, 0.25) is 0 Å². The van der Waals surface area contributed by atoms with Crippen molar-refractivity contribution in [2.45, 2.75) is 26.7 Å². The molecule has 0 amide bonds. The molecular formula is C14H18N2O4. The summed E-state index contributed by atoms with van der Waals surface area (Å²) in [5.74, 6) is -1.27. The van der Waals surface area contributed by atoms with Gasteiger partial charge in [0.15, 0.2) is 0 Å². The average molecular weight is 278 g/mol. The van der Waals surface area contributed by atoms with Gasteiger partial charge in [-0.2, -0.15) is 0 Å². The lowest BCUT2D eigenvalue weighted by atomic mass is 9.84. The van der Waals surface area contributed by atoms with Crippen LogP contribution < -0.4 is 4.90 Å². The lowest BCUT2D eigenvalue weighted by Gasteiger charge is -2.39. The Hall–Kier alpha value is -2.11. The predicted molar refractivity (Wildman–Crippen MR) is 75.3 cm³/mol. The lowest BCUT2D eigenvalue weighted by Crippen LogP contribution is -2.40. The molecule has 6 heteroatoms. The Labute approximate surface area is 117 Å². The van der Waals surface area contributed by atoms with Crippen LogP contribution in [0.1, 0.15) is 37.0 Å². The average Bonchev–Trinajstić information content (AvgIpc) is 2.36. The molecule has 0 spiro atoms. The number of piperidine rings is 1. The van der Waals surface area contributed by atoms with Crippen molar-refractivity contribution in [3.8, 4) is 0 Å². The van der Waals surface area contributed by atoms with Crippen LogP contribution in [0.25, 0.3) is 0 Å². The van der Waals surface area contributed by atoms with E-state index in [4.69, 9.17) is 5.11 Å². The molecule has 108 valence electrons. The number of benzene rings is 1. The molecule has 0 aliphatic carbocycles. The van der Waals surface area contributed by atoms with E-state index in [0.717, 1.165) is 31.6 Å². The van der Waals surface area contributed by atoms with Crippen molar-refractivity contribution in [3.05, 3.63) is 33.9 Å². The number of carboxylic acids is 1. The van der Waals surface area contributed by atoms with Crippen LogP contribution in [0, 0.1) is 15.5 Å². The van der Waals surface area contributed by atoms with Crippen LogP contribution in [0.3, 0.4) is 0 Å². The first-order valence-corrected chi connectivity index (χ1v) is 6.57. The van der Waals surface area contributed by atoms with Crippen molar-refractivity contribution >= 4 is 17.3 Å². The number of carboxylic acid groups (broad SMARTS) is 1. The summed E-state index contributed by atoms with van der Waals surface area (Å²) in [5.41, 5.74) is 0.290. The fourth-order valence-corrected chi connectivity index (χ4v) is 2.69. The zero-order valence-corrected chi connectivity index (χ0v) is 11.6. The van der Waals surface area contributed by atoms with Gasteiger partial charge in [0, 0.05) is 24.8 Å². The van der Waals surface area contributed by atoms with Gasteiger partial charge in [-0.1, -0.05) is 13.8 Å². The maximum absolute atomic E-state index is 11.2. The first kappa shape index (κ1) is 14.3. The SMILES string of the molecule is CC1(C)CCCN(c2ccc([N+](=O)[O-])c(C(=O)O)c2)C1. The van der Waals surface area contributed by atoms with Gasteiger partial charge in [-0.05, 0) is 30.4 Å². The van der Waals surface area contributed by atoms with E-state index in [2.05, 4.69) is 18.7 Å². The minimum absolute atomic E-state index is 0.170. The molecule has 0 unspecified atom stereocenters. The molecule has 6 nitrogen and oxygen atoms in total. The lowest BCUT2D eigenvalue weighted by molar-refractivity contribution is -0.385. The standard InChI is InChI=1S/C14H18N2O4/c1-14(2)6-3-7-15(9-14)10-4-5-12(16(19)20)11(8-10)13(17)18/h4-5,8H,3,6-7,9H2,1-2H3,(H,17,18). The highest BCUT2D eigenvalue weighted by Gasteiger charge is 2.28. The van der Waals surface area contributed by atoms with E-state index in [1.54, 1.807) is 6.07 Å². The van der Waals surface area contributed by atoms with Crippen molar-refractivity contribution < 1.29 is 14.8 Å². The zero-order chi connectivity index (χ0) is 14.9. The third kappa shape index (κ3) is 2.89. The highest BCUT2D eigenvalue weighted by molar-refractivity contribution is 5.93. The summed E-state index contributed by atoms with van der Waals surface area (Å²) in [6, 6.07) is 4.31. The Balaban J connectivity index is 2.36. The van der Waals surface area contributed by atoms with Crippen LogP contribution in [0.5, 0.6) is 0 Å². The molecule has 1 aliphatic heterocycles. The second-order valence-corrected chi connectivity index (χ2v) is 5.95. The van der Waals surface area contributed by atoms with Crippen LogP contribution in [0.4, 0.5) is 11.4 Å². The van der Waals surface area contributed by atoms with Gasteiger partial charge in [-0.15, -0.1) is 0 Å². The summed E-state index contributed by atoms with van der Waals surface area (Å²) in [5, 5.41) is 20.0. The Kier molecular flexibility index (Phi) is 3.65. The number of rotatable bonds is 3. The van der Waals surface area contributed by atoms with E-state index in [1.807, 2.05) is 0 Å². The minimum atomic E-state index is -1.27. The monoisotopic (exact) mass is 278 g/mol. The van der Waals surface area contributed by atoms with Gasteiger partial charge in [0.2, 0.25) is 0 Å². The van der Waals surface area contributed by atoms with Crippen LogP contribution >= 0.6 is 0 Å². The molecule has 0 aromatic heterocycles. The summed E-state index contributed by atoms with van der Waals surface area (Å²) in [7, 11) is 0. The second-order valence-electron chi connectivity index (χ2n) is 5.95. The summed E-state index contributed by atoms with van der Waals surface area (Å²) in [6.07, 6.45) is 2.16. The summed E-state index contributed by atoms with van der Waals surface area (Å²) in [6.45, 7) is 6.01. The normalized spacial score (nSPS) is 17.8. The molecule has 0 bridgehead atoms. The van der Waals surface area contributed by atoms with Crippen molar-refractivity contribution in [2.75, 3.05) is 18.0 Å². The number of nitro groups is 1. The van der Waals surface area contributed by atoms with E-state index < -0.39 is 10.9 Å². The smallest absolute Gasteiger partial charge is 0.342 e. The zero-order valence-electron chi connectivity index (χ0n) is 11.6. The largest absolute Gasteiger partial charge is 0.477 e. The molecule has 1 fully saturated rings. The predicted octanol–water partition coefficient (Wildman–Crippen LogP) is 2.92. The molecule has 1 saturated heterocycles. The van der Waals surface area contributed by atoms with Crippen molar-refractivity contribution in [1.29, 1.82) is 0 Å². The quantitative estimate of drug-likeness (QED) is 0.678. The van der Waals surface area contributed by atoms with Gasteiger partial charge >= 0.3 is 5.97 Å². The van der Waals surface area contributed by atoms with E-state index in [-0.39, 0.29) is 16.7 Å². The van der Waals surface area contributed by atoms with E-state index >= 15 is 0 Å². The van der Waals surface area contributed by atoms with E-state index in [0.29, 0.717) is 0 Å². The Morgan fingerprint density at radius 3 is 2.70 bits per heavy atom. The summed E-state index contributed by atoms with van der Waals surface area (Å²) >= 11 is 0. The van der Waals surface area contributed by atoms with Crippen LogP contribution in [-0.4, -0.2) is 29.1 Å². The number of aromatic carboxylic acids is 1. The fourth-order valence-electron chi connectivity index (χ4n) is 2.69. The van der Waals surface area contributed by atoms with Crippen molar-refractivity contribution in [1.82, 2.24) is 0 Å². The van der Waals surface area contributed by atoms with E-state index in [9.17, 15) is 14.9 Å². The summed E-state index contributed by atoms with van der Waals surface area (Å²) < 4.78 is 0. The molecular weight excluding hydrogens is 260 g/mol. The van der Waals surface area contributed by atoms with Crippen molar-refractivity contribution in [2.24, 2.45) is 5.41 Å². The molecule has 0 atom stereocenters. The van der Waals surface area contributed by atoms with E-state index in [1.165, 1.54) is 12.1 Å². The Morgan fingerprint density at radius 2 is 2.15 bits per heavy atom. The van der Waals surface area contributed by atoms with Gasteiger partial charge < -0.3 is 10.0 Å². The van der Waals surface area contributed by atoms with Crippen LogP contribution in [0.15, 0.2) is 18.2 Å². The number of hydrogen-bond donors (Lipinski definition) is 1. The maximum atomic E-state index is 11.2. The molecule has 2 rings (SSSR count). The number of nitrogens with zero attached hydrogens (tertiary/aromatic N) is 2.